The number of likely N-dealkylation sites (tertiary alicyclic amines) is 1. The van der Waals surface area contributed by atoms with Crippen molar-refractivity contribution in [1.82, 2.24) is 9.88 Å². The zero-order valence-corrected chi connectivity index (χ0v) is 15.6. The molecule has 0 aliphatic carbocycles. The molecule has 0 unspecified atom stereocenters. The van der Waals surface area contributed by atoms with E-state index in [4.69, 9.17) is 0 Å². The molecule has 1 aliphatic heterocycles. The van der Waals surface area contributed by atoms with Crippen LogP contribution in [-0.2, 0) is 0 Å². The summed E-state index contributed by atoms with van der Waals surface area (Å²) in [5.74, 6) is 0. The monoisotopic (exact) mass is 355 g/mol. The van der Waals surface area contributed by atoms with Gasteiger partial charge in [-0.3, -0.25) is 4.98 Å². The van der Waals surface area contributed by atoms with Crippen molar-refractivity contribution in [3.05, 3.63) is 54.4 Å². The fraction of sp³-hybridized carbons (Fsp3) is 0.400. The van der Waals surface area contributed by atoms with Crippen molar-refractivity contribution in [1.29, 1.82) is 0 Å². The Morgan fingerprint density at radius 1 is 1.20 bits per heavy atom. The highest BCUT2D eigenvalue weighted by Gasteiger charge is 2.29. The number of urea groups is 1. The van der Waals surface area contributed by atoms with Gasteiger partial charge in [0.15, 0.2) is 0 Å². The minimum atomic E-state index is -0.0350. The second-order valence-corrected chi connectivity index (χ2v) is 8.17. The molecule has 0 saturated carbocycles. The van der Waals surface area contributed by atoms with E-state index < -0.39 is 0 Å². The van der Waals surface area contributed by atoms with Crippen molar-refractivity contribution >= 4 is 23.5 Å². The Kier molecular flexibility index (Phi) is 5.97. The van der Waals surface area contributed by atoms with Crippen LogP contribution in [0.1, 0.15) is 44.8 Å². The molecule has 4 nitrogen and oxygen atoms in total. The summed E-state index contributed by atoms with van der Waals surface area (Å²) in [5, 5.41) is 3.59. The highest BCUT2D eigenvalue weighted by atomic mass is 32.2. The van der Waals surface area contributed by atoms with E-state index >= 15 is 0 Å². The molecule has 0 spiro atoms. The van der Waals surface area contributed by atoms with Crippen molar-refractivity contribution in [2.24, 2.45) is 0 Å². The van der Waals surface area contributed by atoms with Crippen LogP contribution in [0.15, 0.2) is 53.6 Å². The van der Waals surface area contributed by atoms with Gasteiger partial charge in [-0.25, -0.2) is 4.79 Å². The molecule has 0 bridgehead atoms. The fourth-order valence-electron chi connectivity index (χ4n) is 3.17. The van der Waals surface area contributed by atoms with Crippen LogP contribution in [0.2, 0.25) is 0 Å². The Morgan fingerprint density at radius 3 is 2.76 bits per heavy atom. The fourth-order valence-corrected chi connectivity index (χ4v) is 4.08. The highest BCUT2D eigenvalue weighted by molar-refractivity contribution is 8.00. The standard InChI is InChI=1S/C20H25N3OS/c1-15(2)25-19-12-4-3-10-17(19)22-20(24)23-14-8-6-11-18(23)16-9-5-7-13-21-16/h3-5,7,9-10,12-13,15,18H,6,8,11,14H2,1-2H3,(H,22,24)/t18-/m0/s1. The highest BCUT2D eigenvalue weighted by Crippen LogP contribution is 2.33. The Balaban J connectivity index is 1.78. The number of carbonyl (C=O) groups is 1. The molecule has 2 aromatic rings. The summed E-state index contributed by atoms with van der Waals surface area (Å²) < 4.78 is 0. The molecular formula is C20H25N3OS. The predicted octanol–water partition coefficient (Wildman–Crippen LogP) is 5.34. The van der Waals surface area contributed by atoms with Crippen molar-refractivity contribution in [2.45, 2.75) is 49.3 Å². The number of nitrogens with one attached hydrogen (secondary N) is 1. The number of amides is 2. The van der Waals surface area contributed by atoms with Crippen molar-refractivity contribution in [3.63, 3.8) is 0 Å². The quantitative estimate of drug-likeness (QED) is 0.753. The summed E-state index contributed by atoms with van der Waals surface area (Å²) in [6.07, 6.45) is 4.94. The predicted molar refractivity (Wildman–Crippen MR) is 104 cm³/mol. The lowest BCUT2D eigenvalue weighted by Gasteiger charge is -2.35. The van der Waals surface area contributed by atoms with E-state index in [1.807, 2.05) is 41.3 Å². The Labute approximate surface area is 154 Å². The lowest BCUT2D eigenvalue weighted by atomic mass is 9.99. The van der Waals surface area contributed by atoms with E-state index in [1.54, 1.807) is 18.0 Å². The van der Waals surface area contributed by atoms with Gasteiger partial charge >= 0.3 is 6.03 Å². The molecule has 1 aromatic heterocycles. The first kappa shape index (κ1) is 17.8. The third kappa shape index (κ3) is 4.54. The maximum absolute atomic E-state index is 13.0. The Morgan fingerprint density at radius 2 is 2.00 bits per heavy atom. The minimum Gasteiger partial charge on any atom is -0.316 e. The van der Waals surface area contributed by atoms with E-state index in [-0.39, 0.29) is 12.1 Å². The number of para-hydroxylation sites is 1. The zero-order chi connectivity index (χ0) is 17.6. The number of pyridine rings is 1. The van der Waals surface area contributed by atoms with Crippen LogP contribution in [-0.4, -0.2) is 27.7 Å². The molecule has 25 heavy (non-hydrogen) atoms. The number of nitrogens with zero attached hydrogens (tertiary/aromatic N) is 2. The van der Waals surface area contributed by atoms with E-state index in [9.17, 15) is 4.79 Å². The first-order chi connectivity index (χ1) is 12.1. The van der Waals surface area contributed by atoms with Crippen molar-refractivity contribution in [3.8, 4) is 0 Å². The number of rotatable bonds is 4. The van der Waals surface area contributed by atoms with Gasteiger partial charge < -0.3 is 10.2 Å². The second-order valence-electron chi connectivity index (χ2n) is 6.55. The maximum Gasteiger partial charge on any atom is 0.322 e. The molecule has 132 valence electrons. The van der Waals surface area contributed by atoms with Gasteiger partial charge in [0.05, 0.1) is 17.4 Å². The number of hydrogen-bond acceptors (Lipinski definition) is 3. The number of anilines is 1. The molecule has 2 amide bonds. The smallest absolute Gasteiger partial charge is 0.316 e. The minimum absolute atomic E-state index is 0.0350. The van der Waals surface area contributed by atoms with Gasteiger partial charge in [0.1, 0.15) is 0 Å². The van der Waals surface area contributed by atoms with Gasteiger partial charge in [0, 0.05) is 22.9 Å². The first-order valence-electron chi connectivity index (χ1n) is 8.89. The molecule has 1 fully saturated rings. The van der Waals surface area contributed by atoms with Crippen LogP contribution in [0.4, 0.5) is 10.5 Å². The number of aromatic nitrogens is 1. The van der Waals surface area contributed by atoms with Crippen LogP contribution in [0, 0.1) is 0 Å². The van der Waals surface area contributed by atoms with Gasteiger partial charge in [0.25, 0.3) is 0 Å². The molecule has 1 N–H and O–H groups in total. The van der Waals surface area contributed by atoms with E-state index in [2.05, 4.69) is 30.2 Å². The van der Waals surface area contributed by atoms with Gasteiger partial charge in [-0.15, -0.1) is 11.8 Å². The van der Waals surface area contributed by atoms with Gasteiger partial charge in [-0.05, 0) is 43.5 Å². The topological polar surface area (TPSA) is 45.2 Å². The zero-order valence-electron chi connectivity index (χ0n) is 14.8. The van der Waals surface area contributed by atoms with E-state index in [1.165, 1.54) is 0 Å². The average Bonchev–Trinajstić information content (AvgIpc) is 2.63. The summed E-state index contributed by atoms with van der Waals surface area (Å²) in [6, 6.07) is 13.9. The SMILES string of the molecule is CC(C)Sc1ccccc1NC(=O)N1CCCC[C@H]1c1ccccn1. The molecule has 5 heteroatoms. The molecule has 2 heterocycles. The normalized spacial score (nSPS) is 17.6. The molecule has 0 radical (unpaired) electrons. The number of piperidine rings is 1. The molecule has 1 aromatic carbocycles. The van der Waals surface area contributed by atoms with Crippen molar-refractivity contribution in [2.75, 3.05) is 11.9 Å². The summed E-state index contributed by atoms with van der Waals surface area (Å²) in [5.41, 5.74) is 1.86. The largest absolute Gasteiger partial charge is 0.322 e. The van der Waals surface area contributed by atoms with Gasteiger partial charge in [0.2, 0.25) is 0 Å². The van der Waals surface area contributed by atoms with E-state index in [0.717, 1.165) is 42.1 Å². The summed E-state index contributed by atoms with van der Waals surface area (Å²) in [6.45, 7) is 5.09. The summed E-state index contributed by atoms with van der Waals surface area (Å²) in [4.78, 5) is 20.5. The summed E-state index contributed by atoms with van der Waals surface area (Å²) >= 11 is 1.77. The van der Waals surface area contributed by atoms with Crippen molar-refractivity contribution < 1.29 is 4.79 Å². The average molecular weight is 356 g/mol. The Bertz CT molecular complexity index is 705. The maximum atomic E-state index is 13.0. The van der Waals surface area contributed by atoms with Crippen LogP contribution in [0.5, 0.6) is 0 Å². The third-order valence-corrected chi connectivity index (χ3v) is 5.37. The number of carbonyl (C=O) groups excluding carboxylic acids is 1. The van der Waals surface area contributed by atoms with Crippen LogP contribution in [0.25, 0.3) is 0 Å². The lowest BCUT2D eigenvalue weighted by molar-refractivity contribution is 0.161. The Hall–Kier alpha value is -2.01. The van der Waals surface area contributed by atoms with Crippen LogP contribution < -0.4 is 5.32 Å². The molecule has 1 saturated heterocycles. The molecule has 3 rings (SSSR count). The molecular weight excluding hydrogens is 330 g/mol. The van der Waals surface area contributed by atoms with Crippen LogP contribution in [0.3, 0.4) is 0 Å². The first-order valence-corrected chi connectivity index (χ1v) is 9.77. The second kappa shape index (κ2) is 8.39. The molecule has 1 aliphatic rings. The number of thioether (sulfide) groups is 1. The van der Waals surface area contributed by atoms with E-state index in [0.29, 0.717) is 5.25 Å². The third-order valence-electron chi connectivity index (χ3n) is 4.28. The van der Waals surface area contributed by atoms with Gasteiger partial charge in [-0.2, -0.15) is 0 Å². The number of benzene rings is 1. The molecule has 1 atom stereocenters. The summed E-state index contributed by atoms with van der Waals surface area (Å²) in [7, 11) is 0. The number of hydrogen-bond donors (Lipinski definition) is 1. The van der Waals surface area contributed by atoms with Gasteiger partial charge in [-0.1, -0.05) is 32.0 Å². The lowest BCUT2D eigenvalue weighted by Crippen LogP contribution is -2.41. The van der Waals surface area contributed by atoms with Crippen LogP contribution >= 0.6 is 11.8 Å².